The summed E-state index contributed by atoms with van der Waals surface area (Å²) in [6.45, 7) is 1.67. The molecule has 2 aliphatic rings. The summed E-state index contributed by atoms with van der Waals surface area (Å²) < 4.78 is 40.9. The Hall–Kier alpha value is -2.32. The van der Waals surface area contributed by atoms with Crippen LogP contribution in [0, 0.1) is 5.82 Å². The predicted molar refractivity (Wildman–Crippen MR) is 80.3 cm³/mol. The first kappa shape index (κ1) is 14.6. The van der Waals surface area contributed by atoms with Crippen LogP contribution in [0.5, 0.6) is 0 Å². The number of hydrogen-bond acceptors (Lipinski definition) is 5. The quantitative estimate of drug-likeness (QED) is 0.857. The average Bonchev–Trinajstić information content (AvgIpc) is 2.46. The Morgan fingerprint density at radius 1 is 1.32 bits per heavy atom. The van der Waals surface area contributed by atoms with E-state index in [1.807, 2.05) is 0 Å². The monoisotopic (exact) mass is 322 g/mol. The highest BCUT2D eigenvalue weighted by atomic mass is 32.2. The van der Waals surface area contributed by atoms with Crippen molar-refractivity contribution in [3.63, 3.8) is 0 Å². The minimum atomic E-state index is -4.12. The lowest BCUT2D eigenvalue weighted by molar-refractivity contribution is 0.106. The molecule has 0 aromatic heterocycles. The number of nitrogens with two attached hydrogens (primary N) is 1. The molecule has 0 aliphatic carbocycles. The van der Waals surface area contributed by atoms with E-state index in [9.17, 15) is 12.8 Å². The van der Waals surface area contributed by atoms with Gasteiger partial charge >= 0.3 is 0 Å². The van der Waals surface area contributed by atoms with Gasteiger partial charge in [-0.15, -0.1) is 0 Å². The zero-order valence-electron chi connectivity index (χ0n) is 11.8. The Morgan fingerprint density at radius 3 is 2.73 bits per heavy atom. The van der Waals surface area contributed by atoms with E-state index in [4.69, 9.17) is 5.73 Å². The molecule has 6 nitrogen and oxygen atoms in total. The van der Waals surface area contributed by atoms with E-state index < -0.39 is 21.9 Å². The molecule has 0 amide bonds. The zero-order valence-corrected chi connectivity index (χ0v) is 12.6. The van der Waals surface area contributed by atoms with E-state index in [1.165, 1.54) is 17.4 Å². The number of nitrogens with zero attached hydrogens (tertiary/aromatic N) is 2. The summed E-state index contributed by atoms with van der Waals surface area (Å²) in [7, 11) is -4.12. The molecule has 2 heterocycles. The van der Waals surface area contributed by atoms with Crippen molar-refractivity contribution < 1.29 is 12.8 Å². The molecule has 0 radical (unpaired) electrons. The summed E-state index contributed by atoms with van der Waals surface area (Å²) in [5.41, 5.74) is 9.32. The van der Waals surface area contributed by atoms with Crippen LogP contribution in [0.2, 0.25) is 0 Å². The summed E-state index contributed by atoms with van der Waals surface area (Å²) in [5, 5.41) is 1.25. The number of halogens is 1. The Balaban J connectivity index is 2.23. The van der Waals surface area contributed by atoms with Crippen LogP contribution in [0.15, 0.2) is 53.3 Å². The van der Waals surface area contributed by atoms with Crippen LogP contribution in [-0.4, -0.2) is 24.0 Å². The molecule has 0 fully saturated rings. The van der Waals surface area contributed by atoms with Gasteiger partial charge in [0.25, 0.3) is 10.0 Å². The van der Waals surface area contributed by atoms with Crippen LogP contribution in [0.4, 0.5) is 4.39 Å². The number of fused-ring (bicyclic) bond motifs is 1. The molecule has 116 valence electrons. The van der Waals surface area contributed by atoms with Crippen molar-refractivity contribution >= 4 is 16.1 Å². The van der Waals surface area contributed by atoms with Crippen LogP contribution >= 0.6 is 0 Å². The Bertz CT molecular complexity index is 799. The first-order valence-electron chi connectivity index (χ1n) is 6.62. The summed E-state index contributed by atoms with van der Waals surface area (Å²) >= 11 is 0. The van der Waals surface area contributed by atoms with Crippen LogP contribution in [0.25, 0.3) is 6.08 Å². The number of sulfonamides is 1. The Labute approximate surface area is 128 Å². The third-order valence-corrected chi connectivity index (χ3v) is 5.10. The van der Waals surface area contributed by atoms with E-state index in [1.54, 1.807) is 37.4 Å². The van der Waals surface area contributed by atoms with Gasteiger partial charge in [0.05, 0.1) is 5.70 Å². The minimum Gasteiger partial charge on any atom is -0.323 e. The summed E-state index contributed by atoms with van der Waals surface area (Å²) in [6, 6.07) is 3.58. The van der Waals surface area contributed by atoms with Crippen LogP contribution < -0.4 is 11.2 Å². The van der Waals surface area contributed by atoms with Gasteiger partial charge in [-0.25, -0.2) is 4.39 Å². The van der Waals surface area contributed by atoms with Crippen molar-refractivity contribution in [3.8, 4) is 0 Å². The van der Waals surface area contributed by atoms with Crippen molar-refractivity contribution in [1.29, 1.82) is 0 Å². The fraction of sp³-hybridized carbons (Fsp3) is 0.143. The van der Waals surface area contributed by atoms with E-state index in [0.29, 0.717) is 11.3 Å². The molecule has 0 bridgehead atoms. The average molecular weight is 322 g/mol. The van der Waals surface area contributed by atoms with Gasteiger partial charge in [0, 0.05) is 18.4 Å². The summed E-state index contributed by atoms with van der Waals surface area (Å²) in [5.74, 6) is -0.793. The number of hydrogen-bond donors (Lipinski definition) is 2. The maximum Gasteiger partial charge on any atom is 0.286 e. The fourth-order valence-electron chi connectivity index (χ4n) is 2.36. The molecule has 0 spiro atoms. The third-order valence-electron chi connectivity index (χ3n) is 3.31. The molecular weight excluding hydrogens is 307 g/mol. The van der Waals surface area contributed by atoms with Gasteiger partial charge in [0.15, 0.2) is 0 Å². The molecule has 2 aliphatic heterocycles. The van der Waals surface area contributed by atoms with Crippen LogP contribution in [0.3, 0.4) is 0 Å². The van der Waals surface area contributed by atoms with Crippen LogP contribution in [-0.2, 0) is 10.0 Å². The second-order valence-corrected chi connectivity index (χ2v) is 6.64. The predicted octanol–water partition coefficient (Wildman–Crippen LogP) is 1.28. The molecule has 1 aromatic carbocycles. The molecule has 3 N–H and O–H groups in total. The highest BCUT2D eigenvalue weighted by molar-refractivity contribution is 7.89. The van der Waals surface area contributed by atoms with Gasteiger partial charge in [-0.1, -0.05) is 12.1 Å². The molecule has 3 rings (SSSR count). The minimum absolute atomic E-state index is 0.292. The van der Waals surface area contributed by atoms with Gasteiger partial charge < -0.3 is 5.73 Å². The number of hydrazine groups is 2. The second-order valence-electron chi connectivity index (χ2n) is 4.94. The van der Waals surface area contributed by atoms with E-state index in [-0.39, 0.29) is 4.90 Å². The second kappa shape index (κ2) is 5.15. The highest BCUT2D eigenvalue weighted by Crippen LogP contribution is 2.34. The van der Waals surface area contributed by atoms with Crippen molar-refractivity contribution in [1.82, 2.24) is 15.0 Å². The fourth-order valence-corrected chi connectivity index (χ4v) is 4.10. The molecule has 1 atom stereocenters. The molecule has 0 saturated carbocycles. The van der Waals surface area contributed by atoms with Crippen molar-refractivity contribution in [2.24, 2.45) is 5.73 Å². The normalized spacial score (nSPS) is 20.2. The third kappa shape index (κ3) is 2.16. The largest absolute Gasteiger partial charge is 0.323 e. The lowest BCUT2D eigenvalue weighted by Crippen LogP contribution is -2.52. The highest BCUT2D eigenvalue weighted by Gasteiger charge is 2.39. The maximum absolute atomic E-state index is 14.1. The Morgan fingerprint density at radius 2 is 2.09 bits per heavy atom. The van der Waals surface area contributed by atoms with Gasteiger partial charge in [-0.2, -0.15) is 17.9 Å². The van der Waals surface area contributed by atoms with Gasteiger partial charge in [-0.3, -0.25) is 5.43 Å². The first-order valence-corrected chi connectivity index (χ1v) is 8.06. The SMILES string of the molecule is C[C@H](N)C1=Cc2cccc(F)c2S(=O)(=O)N1N1C=CC=CN1. The van der Waals surface area contributed by atoms with E-state index in [2.05, 4.69) is 5.43 Å². The lowest BCUT2D eigenvalue weighted by atomic mass is 10.1. The van der Waals surface area contributed by atoms with Gasteiger partial charge in [0.1, 0.15) is 10.7 Å². The number of benzene rings is 1. The van der Waals surface area contributed by atoms with Gasteiger partial charge in [-0.05, 0) is 36.8 Å². The first-order chi connectivity index (χ1) is 10.4. The van der Waals surface area contributed by atoms with E-state index in [0.717, 1.165) is 10.5 Å². The molecule has 8 heteroatoms. The van der Waals surface area contributed by atoms with Crippen molar-refractivity contribution in [2.75, 3.05) is 0 Å². The molecular formula is C14H15FN4O2S. The number of nitrogens with one attached hydrogen (secondary N) is 1. The van der Waals surface area contributed by atoms with Gasteiger partial charge in [0.2, 0.25) is 0 Å². The standard InChI is InChI=1S/C14H15FN4O2S/c1-10(16)13-9-11-5-4-6-12(15)14(11)22(20,21)19(13)18-8-3-2-7-17-18/h2-10,17H,16H2,1H3/t10-/m0/s1. The Kier molecular flexibility index (Phi) is 3.42. The molecule has 0 saturated heterocycles. The summed E-state index contributed by atoms with van der Waals surface area (Å²) in [6.07, 6.45) is 8.02. The summed E-state index contributed by atoms with van der Waals surface area (Å²) in [4.78, 5) is -0.357. The number of rotatable bonds is 2. The molecule has 0 unspecified atom stereocenters. The molecule has 1 aromatic rings. The van der Waals surface area contributed by atoms with E-state index >= 15 is 0 Å². The van der Waals surface area contributed by atoms with Crippen LogP contribution in [0.1, 0.15) is 12.5 Å². The zero-order chi connectivity index (χ0) is 15.9. The number of allylic oxidation sites excluding steroid dienone is 2. The maximum atomic E-state index is 14.1. The molecule has 22 heavy (non-hydrogen) atoms. The van der Waals surface area contributed by atoms with Crippen molar-refractivity contribution in [2.45, 2.75) is 17.9 Å². The van der Waals surface area contributed by atoms with Crippen molar-refractivity contribution in [3.05, 3.63) is 59.8 Å². The lowest BCUT2D eigenvalue weighted by Gasteiger charge is -2.39. The topological polar surface area (TPSA) is 78.7 Å². The smallest absolute Gasteiger partial charge is 0.286 e.